The highest BCUT2D eigenvalue weighted by Gasteiger charge is 2.17. The van der Waals surface area contributed by atoms with Gasteiger partial charge in [0.2, 0.25) is 0 Å². The number of hydrogen-bond donors (Lipinski definition) is 1. The minimum Gasteiger partial charge on any atom is -0.490 e. The first-order valence-electron chi connectivity index (χ1n) is 7.51. The van der Waals surface area contributed by atoms with Gasteiger partial charge >= 0.3 is 0 Å². The lowest BCUT2D eigenvalue weighted by Gasteiger charge is -2.21. The molecule has 1 fully saturated rings. The number of hydrogen-bond acceptors (Lipinski definition) is 4. The first-order chi connectivity index (χ1) is 9.45. The molecule has 1 aliphatic heterocycles. The highest BCUT2D eigenvalue weighted by Crippen LogP contribution is 2.24. The molecule has 1 aromatic heterocycles. The summed E-state index contributed by atoms with van der Waals surface area (Å²) in [5.74, 6) is 0.814. The Bertz CT molecular complexity index is 422. The average Bonchev–Trinajstić information content (AvgIpc) is 2.88. The lowest BCUT2D eigenvalue weighted by Crippen LogP contribution is -2.40. The van der Waals surface area contributed by atoms with E-state index < -0.39 is 0 Å². The molecular weight excluding hydrogens is 250 g/mol. The molecule has 1 atom stereocenters. The van der Waals surface area contributed by atoms with Gasteiger partial charge in [0.1, 0.15) is 12.4 Å². The lowest BCUT2D eigenvalue weighted by molar-refractivity contribution is 0.236. The number of nitrogens with two attached hydrogens (primary N) is 1. The van der Waals surface area contributed by atoms with Crippen molar-refractivity contribution in [1.82, 2.24) is 9.88 Å². The number of pyridine rings is 1. The Balaban J connectivity index is 1.84. The molecular formula is C16H27N3O. The summed E-state index contributed by atoms with van der Waals surface area (Å²) < 4.78 is 5.80. The molecule has 2 N–H and O–H groups in total. The van der Waals surface area contributed by atoms with Crippen molar-refractivity contribution >= 4 is 0 Å². The zero-order valence-electron chi connectivity index (χ0n) is 12.9. The van der Waals surface area contributed by atoms with E-state index in [0.717, 1.165) is 12.3 Å². The SMILES string of the molecule is CC(C)(C)c1cncc(OC[C@@H](N)CN2CCCC2)c1. The van der Waals surface area contributed by atoms with Crippen LogP contribution in [0.1, 0.15) is 39.2 Å². The standard InChI is InChI=1S/C16H27N3O/c1-16(2,3)13-8-15(10-18-9-13)20-12-14(17)11-19-6-4-5-7-19/h8-10,14H,4-7,11-12,17H2,1-3H3/t14-/m0/s1. The number of aromatic nitrogens is 1. The van der Waals surface area contributed by atoms with E-state index in [0.29, 0.717) is 6.61 Å². The number of nitrogens with zero attached hydrogens (tertiary/aromatic N) is 2. The van der Waals surface area contributed by atoms with Crippen LogP contribution in [0, 0.1) is 0 Å². The maximum absolute atomic E-state index is 6.14. The molecule has 0 saturated carbocycles. The summed E-state index contributed by atoms with van der Waals surface area (Å²) in [6, 6.07) is 2.13. The summed E-state index contributed by atoms with van der Waals surface area (Å²) in [6.07, 6.45) is 6.26. The summed E-state index contributed by atoms with van der Waals surface area (Å²) in [4.78, 5) is 6.67. The third-order valence-corrected chi connectivity index (χ3v) is 3.73. The first kappa shape index (κ1) is 15.3. The van der Waals surface area contributed by atoms with Gasteiger partial charge in [0.15, 0.2) is 0 Å². The second-order valence-corrected chi connectivity index (χ2v) is 6.74. The average molecular weight is 277 g/mol. The van der Waals surface area contributed by atoms with Gasteiger partial charge in [0.05, 0.1) is 12.2 Å². The predicted molar refractivity (Wildman–Crippen MR) is 82.1 cm³/mol. The zero-order chi connectivity index (χ0) is 14.6. The molecule has 20 heavy (non-hydrogen) atoms. The minimum atomic E-state index is 0.0615. The molecule has 0 radical (unpaired) electrons. The van der Waals surface area contributed by atoms with Crippen LogP contribution >= 0.6 is 0 Å². The Morgan fingerprint density at radius 3 is 2.65 bits per heavy atom. The molecule has 4 nitrogen and oxygen atoms in total. The van der Waals surface area contributed by atoms with Crippen LogP contribution in [0.5, 0.6) is 5.75 Å². The van der Waals surface area contributed by atoms with E-state index in [9.17, 15) is 0 Å². The summed E-state index contributed by atoms with van der Waals surface area (Å²) >= 11 is 0. The lowest BCUT2D eigenvalue weighted by atomic mass is 9.88. The fourth-order valence-electron chi connectivity index (χ4n) is 2.46. The van der Waals surface area contributed by atoms with Crippen molar-refractivity contribution in [3.8, 4) is 5.75 Å². The number of ether oxygens (including phenoxy) is 1. The van der Waals surface area contributed by atoms with Gasteiger partial charge in [-0.3, -0.25) is 4.98 Å². The first-order valence-corrected chi connectivity index (χ1v) is 7.51. The van der Waals surface area contributed by atoms with Crippen LogP contribution in [0.15, 0.2) is 18.5 Å². The minimum absolute atomic E-state index is 0.0615. The summed E-state index contributed by atoms with van der Waals surface area (Å²) in [6.45, 7) is 10.3. The molecule has 2 heterocycles. The third-order valence-electron chi connectivity index (χ3n) is 3.73. The van der Waals surface area contributed by atoms with Crippen molar-refractivity contribution in [1.29, 1.82) is 0 Å². The number of likely N-dealkylation sites (tertiary alicyclic amines) is 1. The van der Waals surface area contributed by atoms with Crippen molar-refractivity contribution in [2.24, 2.45) is 5.73 Å². The van der Waals surface area contributed by atoms with Crippen LogP contribution in [0.25, 0.3) is 0 Å². The van der Waals surface area contributed by atoms with E-state index >= 15 is 0 Å². The normalized spacial score (nSPS) is 18.2. The smallest absolute Gasteiger partial charge is 0.137 e. The molecule has 0 aromatic carbocycles. The molecule has 1 aliphatic rings. The Morgan fingerprint density at radius 2 is 2.00 bits per heavy atom. The molecule has 0 bridgehead atoms. The Labute approximate surface area is 122 Å². The Hall–Kier alpha value is -1.13. The van der Waals surface area contributed by atoms with E-state index in [1.807, 2.05) is 6.20 Å². The summed E-state index contributed by atoms with van der Waals surface area (Å²) in [7, 11) is 0. The van der Waals surface area contributed by atoms with E-state index in [1.165, 1.54) is 31.5 Å². The monoisotopic (exact) mass is 277 g/mol. The quantitative estimate of drug-likeness (QED) is 0.896. The molecule has 112 valence electrons. The molecule has 0 amide bonds. The van der Waals surface area contributed by atoms with Crippen LogP contribution in [-0.2, 0) is 5.41 Å². The second kappa shape index (κ2) is 6.55. The summed E-state index contributed by atoms with van der Waals surface area (Å²) in [5.41, 5.74) is 7.41. The molecule has 1 saturated heterocycles. The van der Waals surface area contributed by atoms with Gasteiger partial charge in [0, 0.05) is 12.7 Å². The van der Waals surface area contributed by atoms with E-state index in [2.05, 4.69) is 36.7 Å². The Morgan fingerprint density at radius 1 is 1.30 bits per heavy atom. The highest BCUT2D eigenvalue weighted by atomic mass is 16.5. The van der Waals surface area contributed by atoms with Crippen LogP contribution in [0.4, 0.5) is 0 Å². The van der Waals surface area contributed by atoms with Gasteiger partial charge in [0.25, 0.3) is 0 Å². The molecule has 0 aliphatic carbocycles. The van der Waals surface area contributed by atoms with Crippen LogP contribution in [0.2, 0.25) is 0 Å². The van der Waals surface area contributed by atoms with Crippen molar-refractivity contribution in [3.63, 3.8) is 0 Å². The fraction of sp³-hybridized carbons (Fsp3) is 0.688. The third kappa shape index (κ3) is 4.46. The second-order valence-electron chi connectivity index (χ2n) is 6.74. The predicted octanol–water partition coefficient (Wildman–Crippen LogP) is 2.18. The zero-order valence-corrected chi connectivity index (χ0v) is 12.9. The van der Waals surface area contributed by atoms with Crippen LogP contribution in [-0.4, -0.2) is 42.2 Å². The molecule has 4 heteroatoms. The highest BCUT2D eigenvalue weighted by molar-refractivity contribution is 5.28. The Kier molecular flexibility index (Phi) is 5.00. The number of rotatable bonds is 5. The van der Waals surface area contributed by atoms with Gasteiger partial charge in [-0.2, -0.15) is 0 Å². The van der Waals surface area contributed by atoms with E-state index in [1.54, 1.807) is 6.20 Å². The van der Waals surface area contributed by atoms with Gasteiger partial charge in [-0.05, 0) is 43.0 Å². The molecule has 1 aromatic rings. The van der Waals surface area contributed by atoms with Crippen molar-refractivity contribution < 1.29 is 4.74 Å². The maximum atomic E-state index is 6.14. The van der Waals surface area contributed by atoms with Crippen molar-refractivity contribution in [2.75, 3.05) is 26.2 Å². The topological polar surface area (TPSA) is 51.4 Å². The maximum Gasteiger partial charge on any atom is 0.137 e. The molecule has 0 spiro atoms. The molecule has 0 unspecified atom stereocenters. The van der Waals surface area contributed by atoms with E-state index in [-0.39, 0.29) is 11.5 Å². The summed E-state index contributed by atoms with van der Waals surface area (Å²) in [5, 5.41) is 0. The van der Waals surface area contributed by atoms with Crippen LogP contribution in [0.3, 0.4) is 0 Å². The largest absolute Gasteiger partial charge is 0.490 e. The molecule has 2 rings (SSSR count). The van der Waals surface area contributed by atoms with Crippen LogP contribution < -0.4 is 10.5 Å². The van der Waals surface area contributed by atoms with E-state index in [4.69, 9.17) is 10.5 Å². The van der Waals surface area contributed by atoms with Gasteiger partial charge in [-0.25, -0.2) is 0 Å². The van der Waals surface area contributed by atoms with Crippen molar-refractivity contribution in [3.05, 3.63) is 24.0 Å². The van der Waals surface area contributed by atoms with Crippen molar-refractivity contribution in [2.45, 2.75) is 45.1 Å². The fourth-order valence-corrected chi connectivity index (χ4v) is 2.46. The van der Waals surface area contributed by atoms with Gasteiger partial charge in [-0.15, -0.1) is 0 Å². The van der Waals surface area contributed by atoms with Gasteiger partial charge < -0.3 is 15.4 Å². The van der Waals surface area contributed by atoms with Gasteiger partial charge in [-0.1, -0.05) is 20.8 Å².